The molecular formula is C26H28FN7OS. The Kier molecular flexibility index (Phi) is 6.67. The number of aromatic nitrogens is 5. The zero-order valence-corrected chi connectivity index (χ0v) is 21.4. The molecule has 1 amide bonds. The van der Waals surface area contributed by atoms with Crippen LogP contribution in [0.25, 0.3) is 11.8 Å². The maximum Gasteiger partial charge on any atom is 0.219 e. The number of rotatable bonds is 5. The zero-order chi connectivity index (χ0) is 25.4. The predicted molar refractivity (Wildman–Crippen MR) is 135 cm³/mol. The van der Waals surface area contributed by atoms with E-state index in [1.165, 1.54) is 17.8 Å². The molecule has 1 fully saturated rings. The van der Waals surface area contributed by atoms with Gasteiger partial charge in [-0.1, -0.05) is 11.8 Å². The molecule has 0 saturated heterocycles. The largest absolute Gasteiger partial charge is 0.343 e. The third-order valence-corrected chi connectivity index (χ3v) is 8.57. The highest BCUT2D eigenvalue weighted by Gasteiger charge is 2.32. The van der Waals surface area contributed by atoms with E-state index in [0.29, 0.717) is 17.0 Å². The zero-order valence-electron chi connectivity index (χ0n) is 20.6. The molecule has 3 aromatic rings. The second-order valence-corrected chi connectivity index (χ2v) is 10.6. The van der Waals surface area contributed by atoms with Gasteiger partial charge in [0.25, 0.3) is 0 Å². The smallest absolute Gasteiger partial charge is 0.219 e. The third kappa shape index (κ3) is 4.44. The number of nitriles is 1. The number of fused-ring (bicyclic) bond motifs is 1. The van der Waals surface area contributed by atoms with E-state index in [1.54, 1.807) is 30.1 Å². The fourth-order valence-corrected chi connectivity index (χ4v) is 6.48. The van der Waals surface area contributed by atoms with Gasteiger partial charge >= 0.3 is 0 Å². The van der Waals surface area contributed by atoms with Crippen molar-refractivity contribution in [3.05, 3.63) is 59.1 Å². The van der Waals surface area contributed by atoms with Gasteiger partial charge in [-0.15, -0.1) is 0 Å². The first kappa shape index (κ1) is 24.3. The fourth-order valence-electron chi connectivity index (χ4n) is 5.30. The molecular weight excluding hydrogens is 477 g/mol. The normalized spacial score (nSPS) is 21.4. The summed E-state index contributed by atoms with van der Waals surface area (Å²) in [6.45, 7) is 3.70. The first-order valence-corrected chi connectivity index (χ1v) is 13.0. The van der Waals surface area contributed by atoms with E-state index in [1.807, 2.05) is 24.3 Å². The average molecular weight is 506 g/mol. The van der Waals surface area contributed by atoms with Gasteiger partial charge in [0.1, 0.15) is 11.1 Å². The summed E-state index contributed by atoms with van der Waals surface area (Å²) in [6.07, 6.45) is 11.4. The topological polar surface area (TPSA) is 92.6 Å². The molecule has 2 aliphatic rings. The van der Waals surface area contributed by atoms with Crippen molar-refractivity contribution < 1.29 is 9.18 Å². The molecule has 1 aliphatic carbocycles. The van der Waals surface area contributed by atoms with Gasteiger partial charge in [-0.05, 0) is 56.7 Å². The Hall–Kier alpha value is -3.45. The molecule has 0 aromatic carbocycles. The molecule has 1 atom stereocenters. The summed E-state index contributed by atoms with van der Waals surface area (Å²) in [7, 11) is 1.88. The molecule has 3 aromatic heterocycles. The maximum atomic E-state index is 14.4. The molecule has 1 unspecified atom stereocenters. The number of allylic oxidation sites excluding steroid dienone is 1. The molecule has 0 bridgehead atoms. The Bertz CT molecular complexity index is 1360. The van der Waals surface area contributed by atoms with Crippen molar-refractivity contribution >= 4 is 29.4 Å². The first-order valence-electron chi connectivity index (χ1n) is 12.1. The second-order valence-electron chi connectivity index (χ2n) is 9.44. The summed E-state index contributed by atoms with van der Waals surface area (Å²) in [5.41, 5.74) is 4.39. The van der Waals surface area contributed by atoms with E-state index in [2.05, 4.69) is 27.8 Å². The van der Waals surface area contributed by atoms with Crippen molar-refractivity contribution in [1.82, 2.24) is 29.4 Å². The lowest BCUT2D eigenvalue weighted by Gasteiger charge is -2.34. The van der Waals surface area contributed by atoms with Crippen LogP contribution in [0.2, 0.25) is 0 Å². The van der Waals surface area contributed by atoms with E-state index < -0.39 is 0 Å². The maximum absolute atomic E-state index is 14.4. The third-order valence-electron chi connectivity index (χ3n) is 7.37. The van der Waals surface area contributed by atoms with Crippen molar-refractivity contribution in [3.63, 3.8) is 0 Å². The lowest BCUT2D eigenvalue weighted by molar-refractivity contribution is -0.130. The van der Waals surface area contributed by atoms with E-state index in [-0.39, 0.29) is 29.1 Å². The van der Waals surface area contributed by atoms with Gasteiger partial charge in [0.2, 0.25) is 5.91 Å². The number of nitrogens with zero attached hydrogens (tertiary/aromatic N) is 7. The molecule has 1 saturated carbocycles. The molecule has 8 nitrogen and oxygen atoms in total. The van der Waals surface area contributed by atoms with Crippen LogP contribution in [-0.2, 0) is 4.79 Å². The van der Waals surface area contributed by atoms with Crippen LogP contribution in [-0.4, -0.2) is 48.4 Å². The van der Waals surface area contributed by atoms with E-state index in [9.17, 15) is 14.4 Å². The summed E-state index contributed by atoms with van der Waals surface area (Å²) in [6, 6.07) is 5.76. The van der Waals surface area contributed by atoms with Gasteiger partial charge in [-0.3, -0.25) is 9.48 Å². The summed E-state index contributed by atoms with van der Waals surface area (Å²) in [5.74, 6) is -0.269. The van der Waals surface area contributed by atoms with Gasteiger partial charge in [-0.25, -0.2) is 14.1 Å². The van der Waals surface area contributed by atoms with Crippen LogP contribution in [0.4, 0.5) is 4.39 Å². The molecule has 186 valence electrons. The summed E-state index contributed by atoms with van der Waals surface area (Å²) >= 11 is 1.31. The van der Waals surface area contributed by atoms with Crippen molar-refractivity contribution in [2.75, 3.05) is 7.05 Å². The average Bonchev–Trinajstić information content (AvgIpc) is 3.48. The van der Waals surface area contributed by atoms with Gasteiger partial charge in [0.15, 0.2) is 5.82 Å². The Morgan fingerprint density at radius 2 is 2.03 bits per heavy atom. The minimum Gasteiger partial charge on any atom is -0.343 e. The molecule has 36 heavy (non-hydrogen) atoms. The number of amides is 1. The molecule has 1 aliphatic heterocycles. The number of halogens is 1. The standard InChI is InChI=1S/C26H28FN7OS/c1-16-22(14-31-34(16)21-8-6-20(7-9-21)32(3)17(2)35)18-11-24(36-26-23(27)5-4-10-29-26)25-19(12-28)13-30-33(25)15-18/h4-5,10,13-15,20-21,24H,6-9,11H2,1-3H3. The number of carbonyl (C=O) groups is 1. The van der Waals surface area contributed by atoms with E-state index in [4.69, 9.17) is 5.10 Å². The molecule has 4 heterocycles. The van der Waals surface area contributed by atoms with E-state index >= 15 is 0 Å². The van der Waals surface area contributed by atoms with Gasteiger partial charge in [0, 0.05) is 43.7 Å². The van der Waals surface area contributed by atoms with Crippen LogP contribution in [0.3, 0.4) is 0 Å². The van der Waals surface area contributed by atoms with Crippen LogP contribution >= 0.6 is 11.8 Å². The predicted octanol–water partition coefficient (Wildman–Crippen LogP) is 4.99. The van der Waals surface area contributed by atoms with Gasteiger partial charge in [-0.2, -0.15) is 15.5 Å². The summed E-state index contributed by atoms with van der Waals surface area (Å²) < 4.78 is 18.3. The second kappa shape index (κ2) is 9.90. The Labute approximate surface area is 213 Å². The van der Waals surface area contributed by atoms with Crippen LogP contribution in [0, 0.1) is 24.1 Å². The quantitative estimate of drug-likeness (QED) is 0.485. The number of carbonyl (C=O) groups excluding carboxylic acids is 1. The van der Waals surface area contributed by atoms with Crippen molar-refractivity contribution in [2.45, 2.75) is 68.3 Å². The fraction of sp³-hybridized carbons (Fsp3) is 0.423. The van der Waals surface area contributed by atoms with Crippen molar-refractivity contribution in [2.24, 2.45) is 0 Å². The van der Waals surface area contributed by atoms with Crippen LogP contribution < -0.4 is 0 Å². The van der Waals surface area contributed by atoms with Crippen LogP contribution in [0.15, 0.2) is 35.7 Å². The van der Waals surface area contributed by atoms with Crippen molar-refractivity contribution in [1.29, 1.82) is 5.26 Å². The number of thioether (sulfide) groups is 1. The van der Waals surface area contributed by atoms with Crippen molar-refractivity contribution in [3.8, 4) is 6.07 Å². The highest BCUT2D eigenvalue weighted by Crippen LogP contribution is 2.46. The molecule has 0 radical (unpaired) electrons. The highest BCUT2D eigenvalue weighted by molar-refractivity contribution is 7.99. The summed E-state index contributed by atoms with van der Waals surface area (Å²) in [5, 5.41) is 18.9. The minimum absolute atomic E-state index is 0.107. The lowest BCUT2D eigenvalue weighted by atomic mass is 9.90. The van der Waals surface area contributed by atoms with Gasteiger partial charge < -0.3 is 4.90 Å². The Morgan fingerprint density at radius 1 is 1.25 bits per heavy atom. The minimum atomic E-state index is -0.377. The van der Waals surface area contributed by atoms with Crippen LogP contribution in [0.1, 0.15) is 72.8 Å². The highest BCUT2D eigenvalue weighted by atomic mass is 32.2. The van der Waals surface area contributed by atoms with E-state index in [0.717, 1.165) is 48.2 Å². The summed E-state index contributed by atoms with van der Waals surface area (Å²) in [4.78, 5) is 17.8. The number of hydrogen-bond acceptors (Lipinski definition) is 6. The number of pyridine rings is 1. The monoisotopic (exact) mass is 505 g/mol. The van der Waals surface area contributed by atoms with Crippen LogP contribution in [0.5, 0.6) is 0 Å². The Balaban J connectivity index is 1.41. The van der Waals surface area contributed by atoms with Gasteiger partial charge in [0.05, 0.1) is 34.9 Å². The Morgan fingerprint density at radius 3 is 2.72 bits per heavy atom. The first-order chi connectivity index (χ1) is 17.4. The molecule has 0 spiro atoms. The number of hydrogen-bond donors (Lipinski definition) is 0. The SMILES string of the molecule is CC(=O)N(C)C1CCC(n2ncc(C3=Cn4ncc(C#N)c4C(Sc4ncccc4F)C3)c2C)CC1. The molecule has 0 N–H and O–H groups in total. The molecule has 10 heteroatoms. The lowest BCUT2D eigenvalue weighted by Crippen LogP contribution is -2.38. The molecule has 5 rings (SSSR count).